The second kappa shape index (κ2) is 12.5. The topological polar surface area (TPSA) is 93.5 Å². The zero-order chi connectivity index (χ0) is 22.6. The largest absolute Gasteiger partial charge is 0.409 e. The van der Waals surface area contributed by atoms with Crippen molar-refractivity contribution in [3.8, 4) is 0 Å². The number of hydrogen-bond acceptors (Lipinski definition) is 6. The minimum Gasteiger partial charge on any atom is -0.409 e. The Morgan fingerprint density at radius 2 is 1.13 bits per heavy atom. The molecule has 2 aromatic rings. The van der Waals surface area contributed by atoms with E-state index in [1.165, 1.54) is 0 Å². The molecule has 12 heteroatoms. The van der Waals surface area contributed by atoms with E-state index >= 15 is 0 Å². The first kappa shape index (κ1) is 27.3. The molecule has 0 fully saturated rings. The first-order valence-corrected chi connectivity index (χ1v) is 14.3. The van der Waals surface area contributed by atoms with E-state index in [-0.39, 0.29) is 18.7 Å². The Balaban J connectivity index is 1.93. The van der Waals surface area contributed by atoms with Crippen LogP contribution in [0.15, 0.2) is 24.3 Å². The van der Waals surface area contributed by atoms with Gasteiger partial charge in [-0.15, -0.1) is 0 Å². The molecule has 0 aliphatic rings. The van der Waals surface area contributed by atoms with E-state index in [0.717, 1.165) is 17.9 Å². The van der Waals surface area contributed by atoms with Gasteiger partial charge >= 0.3 is 17.9 Å². The van der Waals surface area contributed by atoms with E-state index in [0.29, 0.717) is 14.7 Å². The fraction of sp³-hybridized carbons (Fsp3) is 0.111. The molecule has 30 heavy (non-hydrogen) atoms. The van der Waals surface area contributed by atoms with Crippen molar-refractivity contribution in [3.05, 3.63) is 56.8 Å². The monoisotopic (exact) mass is 1080 g/mol. The highest BCUT2D eigenvalue weighted by atomic mass is 127. The summed E-state index contributed by atoms with van der Waals surface area (Å²) < 4.78 is 14.9. The Bertz CT molecular complexity index is 972. The number of carbonyl (C=O) groups is 3. The third-order valence-electron chi connectivity index (χ3n) is 3.40. The summed E-state index contributed by atoms with van der Waals surface area (Å²) in [6.45, 7) is 0. The van der Waals surface area contributed by atoms with Crippen LogP contribution in [0.25, 0.3) is 0 Å². The lowest BCUT2D eigenvalue weighted by Crippen LogP contribution is -2.18. The van der Waals surface area contributed by atoms with Crippen LogP contribution in [0.4, 0.5) is 0 Å². The summed E-state index contributed by atoms with van der Waals surface area (Å²) in [5, 5.41) is 7.83. The standard InChI is InChI=1S/C18H9I6NO5/c19-7-3-9(15(23)11(21)5-7)17(27)29-13(25)1-2-14(26)30-18(28)10-4-8(20)6-12(22)16(10)24/h3-6,25H,1-2H2. The van der Waals surface area contributed by atoms with E-state index in [1.807, 2.05) is 57.3 Å². The van der Waals surface area contributed by atoms with Crippen LogP contribution in [0.3, 0.4) is 0 Å². The average Bonchev–Trinajstić information content (AvgIpc) is 2.65. The van der Waals surface area contributed by atoms with E-state index in [1.54, 1.807) is 12.1 Å². The van der Waals surface area contributed by atoms with Gasteiger partial charge in [0.2, 0.25) is 0 Å². The van der Waals surface area contributed by atoms with Crippen molar-refractivity contribution in [1.82, 2.24) is 0 Å². The lowest BCUT2D eigenvalue weighted by atomic mass is 10.2. The number of esters is 3. The highest BCUT2D eigenvalue weighted by molar-refractivity contribution is 14.1. The molecule has 0 bridgehead atoms. The van der Waals surface area contributed by atoms with Gasteiger partial charge in [-0.1, -0.05) is 0 Å². The Hall–Kier alpha value is 1.10. The van der Waals surface area contributed by atoms with Gasteiger partial charge in [0.15, 0.2) is 5.90 Å². The van der Waals surface area contributed by atoms with Gasteiger partial charge in [-0.3, -0.25) is 10.2 Å². The maximum Gasteiger partial charge on any atom is 0.346 e. The molecule has 0 spiro atoms. The van der Waals surface area contributed by atoms with E-state index < -0.39 is 17.9 Å². The molecule has 0 heterocycles. The molecule has 2 rings (SSSR count). The lowest BCUT2D eigenvalue weighted by molar-refractivity contribution is -0.137. The minimum absolute atomic E-state index is 0.156. The second-order valence-electron chi connectivity index (χ2n) is 5.57. The second-order valence-corrected chi connectivity index (χ2v) is 12.5. The van der Waals surface area contributed by atoms with Gasteiger partial charge in [0.05, 0.1) is 17.5 Å². The smallest absolute Gasteiger partial charge is 0.346 e. The van der Waals surface area contributed by atoms with Gasteiger partial charge in [0.25, 0.3) is 0 Å². The molecular weight excluding hydrogens is 1070 g/mol. The summed E-state index contributed by atoms with van der Waals surface area (Å²) in [7, 11) is 0. The summed E-state index contributed by atoms with van der Waals surface area (Å²) in [6, 6.07) is 7.16. The fourth-order valence-corrected chi connectivity index (χ4v) is 6.80. The molecule has 0 saturated heterocycles. The third kappa shape index (κ3) is 7.85. The van der Waals surface area contributed by atoms with E-state index in [2.05, 4.69) is 90.4 Å². The molecule has 2 aromatic carbocycles. The van der Waals surface area contributed by atoms with Gasteiger partial charge in [-0.05, 0) is 160 Å². The lowest BCUT2D eigenvalue weighted by Gasteiger charge is -2.09. The molecule has 158 valence electrons. The van der Waals surface area contributed by atoms with Crippen LogP contribution in [0.5, 0.6) is 0 Å². The zero-order valence-electron chi connectivity index (χ0n) is 14.5. The Morgan fingerprint density at radius 3 is 1.60 bits per heavy atom. The van der Waals surface area contributed by atoms with Gasteiger partial charge in [0.1, 0.15) is 0 Å². The Labute approximate surface area is 254 Å². The highest BCUT2D eigenvalue weighted by Crippen LogP contribution is 2.25. The molecule has 0 aliphatic heterocycles. The van der Waals surface area contributed by atoms with Crippen molar-refractivity contribution >= 4 is 159 Å². The van der Waals surface area contributed by atoms with Crippen molar-refractivity contribution in [3.63, 3.8) is 0 Å². The minimum atomic E-state index is -0.788. The SMILES string of the molecule is N=C(CCC(=O)OC(=O)c1cc(I)cc(I)c1I)OC(=O)c1cc(I)cc(I)c1I. The molecule has 0 unspecified atom stereocenters. The molecule has 0 atom stereocenters. The fourth-order valence-electron chi connectivity index (χ4n) is 2.05. The van der Waals surface area contributed by atoms with Crippen molar-refractivity contribution in [2.45, 2.75) is 12.8 Å². The summed E-state index contributed by atoms with van der Waals surface area (Å²) in [4.78, 5) is 36.7. The Kier molecular flexibility index (Phi) is 11.4. The van der Waals surface area contributed by atoms with Gasteiger partial charge in [-0.25, -0.2) is 9.59 Å². The number of halogens is 6. The van der Waals surface area contributed by atoms with Crippen molar-refractivity contribution in [1.29, 1.82) is 5.41 Å². The molecule has 0 radical (unpaired) electrons. The van der Waals surface area contributed by atoms with Gasteiger partial charge < -0.3 is 9.47 Å². The van der Waals surface area contributed by atoms with Gasteiger partial charge in [0, 0.05) is 27.8 Å². The third-order valence-corrected chi connectivity index (χ3v) is 10.7. The van der Waals surface area contributed by atoms with E-state index in [9.17, 15) is 14.4 Å². The number of ether oxygens (including phenoxy) is 2. The summed E-state index contributed by atoms with van der Waals surface area (Å²) in [6.07, 6.45) is -0.410. The van der Waals surface area contributed by atoms with Crippen LogP contribution < -0.4 is 0 Å². The van der Waals surface area contributed by atoms with Crippen LogP contribution in [0.2, 0.25) is 0 Å². The van der Waals surface area contributed by atoms with Gasteiger partial charge in [-0.2, -0.15) is 0 Å². The molecule has 6 nitrogen and oxygen atoms in total. The van der Waals surface area contributed by atoms with Crippen LogP contribution in [-0.2, 0) is 14.3 Å². The van der Waals surface area contributed by atoms with Crippen LogP contribution in [-0.4, -0.2) is 23.8 Å². The Morgan fingerprint density at radius 1 is 0.700 bits per heavy atom. The van der Waals surface area contributed by atoms with Crippen molar-refractivity contribution < 1.29 is 23.9 Å². The number of carbonyl (C=O) groups excluding carboxylic acids is 3. The molecular formula is C18H9I6NO5. The van der Waals surface area contributed by atoms with Crippen LogP contribution in [0.1, 0.15) is 33.6 Å². The molecule has 1 N–H and O–H groups in total. The molecule has 0 aromatic heterocycles. The molecule has 0 saturated carbocycles. The first-order chi connectivity index (χ1) is 14.0. The molecule has 0 amide bonds. The number of nitrogens with one attached hydrogen (secondary N) is 1. The predicted octanol–water partition coefficient (Wildman–Crippen LogP) is 6.61. The average molecular weight is 1080 g/mol. The van der Waals surface area contributed by atoms with Crippen molar-refractivity contribution in [2.24, 2.45) is 0 Å². The summed E-state index contributed by atoms with van der Waals surface area (Å²) in [5.74, 6) is -2.56. The highest BCUT2D eigenvalue weighted by Gasteiger charge is 2.20. The number of benzene rings is 2. The molecule has 0 aliphatic carbocycles. The predicted molar refractivity (Wildman–Crippen MR) is 162 cm³/mol. The summed E-state index contributed by atoms with van der Waals surface area (Å²) >= 11 is 12.5. The quantitative estimate of drug-likeness (QED) is 0.0910. The normalized spacial score (nSPS) is 10.5. The number of rotatable bonds is 5. The van der Waals surface area contributed by atoms with Crippen molar-refractivity contribution in [2.75, 3.05) is 0 Å². The maximum absolute atomic E-state index is 12.3. The first-order valence-electron chi connectivity index (χ1n) is 7.83. The van der Waals surface area contributed by atoms with E-state index in [4.69, 9.17) is 14.9 Å². The number of hydrogen-bond donors (Lipinski definition) is 1. The van der Waals surface area contributed by atoms with Crippen LogP contribution in [0, 0.1) is 26.8 Å². The van der Waals surface area contributed by atoms with Crippen LogP contribution >= 0.6 is 136 Å². The maximum atomic E-state index is 12.3. The summed E-state index contributed by atoms with van der Waals surface area (Å²) in [5.41, 5.74) is 0.668. The zero-order valence-corrected chi connectivity index (χ0v) is 27.5.